The minimum atomic E-state index is -0.220. The first-order valence-corrected chi connectivity index (χ1v) is 9.28. The van der Waals surface area contributed by atoms with Gasteiger partial charge < -0.3 is 15.4 Å². The molecule has 2 N–H and O–H groups in total. The molecule has 3 rings (SSSR count). The number of aryl methyl sites for hydroxylation is 1. The number of nitrogens with one attached hydrogen (secondary N) is 2. The first-order chi connectivity index (χ1) is 13.7. The summed E-state index contributed by atoms with van der Waals surface area (Å²) in [5.41, 5.74) is 3.58. The molecule has 3 aromatic rings. The van der Waals surface area contributed by atoms with E-state index in [-0.39, 0.29) is 5.91 Å². The number of aromatic nitrogens is 2. The first kappa shape index (κ1) is 19.4. The molecule has 0 spiro atoms. The molecule has 0 bridgehead atoms. The molecule has 0 aliphatic heterocycles. The number of benzene rings is 2. The van der Waals surface area contributed by atoms with E-state index in [0.29, 0.717) is 18.2 Å². The van der Waals surface area contributed by atoms with Crippen LogP contribution in [0, 0.1) is 0 Å². The van der Waals surface area contributed by atoms with Crippen LogP contribution in [0.4, 0.5) is 11.6 Å². The third-order valence-electron chi connectivity index (χ3n) is 4.39. The van der Waals surface area contributed by atoms with Crippen LogP contribution in [0.1, 0.15) is 28.5 Å². The smallest absolute Gasteiger partial charge is 0.270 e. The van der Waals surface area contributed by atoms with Crippen molar-refractivity contribution in [3.8, 4) is 5.75 Å². The van der Waals surface area contributed by atoms with E-state index in [4.69, 9.17) is 4.74 Å². The van der Waals surface area contributed by atoms with Gasteiger partial charge in [0.15, 0.2) is 0 Å². The van der Waals surface area contributed by atoms with Gasteiger partial charge >= 0.3 is 0 Å². The zero-order valence-electron chi connectivity index (χ0n) is 16.1. The third kappa shape index (κ3) is 5.07. The summed E-state index contributed by atoms with van der Waals surface area (Å²) >= 11 is 0. The van der Waals surface area contributed by atoms with Gasteiger partial charge in [0.25, 0.3) is 5.91 Å². The van der Waals surface area contributed by atoms with Crippen LogP contribution in [0.25, 0.3) is 0 Å². The zero-order chi connectivity index (χ0) is 19.8. The van der Waals surface area contributed by atoms with E-state index < -0.39 is 0 Å². The molecule has 6 nitrogen and oxygen atoms in total. The zero-order valence-corrected chi connectivity index (χ0v) is 16.1. The van der Waals surface area contributed by atoms with Crippen LogP contribution >= 0.6 is 0 Å². The number of para-hydroxylation sites is 1. The lowest BCUT2D eigenvalue weighted by atomic mass is 10.1. The van der Waals surface area contributed by atoms with Crippen molar-refractivity contribution >= 4 is 17.5 Å². The fraction of sp³-hybridized carbons (Fsp3) is 0.227. The Morgan fingerprint density at radius 2 is 1.86 bits per heavy atom. The van der Waals surface area contributed by atoms with Gasteiger partial charge in [-0.2, -0.15) is 0 Å². The number of amides is 1. The molecule has 0 saturated carbocycles. The second-order valence-electron chi connectivity index (χ2n) is 6.26. The van der Waals surface area contributed by atoms with Crippen LogP contribution in [0.15, 0.2) is 60.8 Å². The number of rotatable bonds is 8. The van der Waals surface area contributed by atoms with E-state index in [1.165, 1.54) is 5.56 Å². The highest BCUT2D eigenvalue weighted by molar-refractivity contribution is 5.92. The fourth-order valence-electron chi connectivity index (χ4n) is 2.82. The maximum Gasteiger partial charge on any atom is 0.270 e. The Labute approximate surface area is 165 Å². The number of methoxy groups -OCH3 is 1. The lowest BCUT2D eigenvalue weighted by molar-refractivity contribution is 0.0949. The lowest BCUT2D eigenvalue weighted by Crippen LogP contribution is -2.26. The Bertz CT molecular complexity index is 926. The Balaban J connectivity index is 1.58. The molecule has 144 valence electrons. The first-order valence-electron chi connectivity index (χ1n) is 9.28. The summed E-state index contributed by atoms with van der Waals surface area (Å²) in [5, 5.41) is 6.10. The van der Waals surface area contributed by atoms with Crippen LogP contribution < -0.4 is 15.4 Å². The highest BCUT2D eigenvalue weighted by Gasteiger charge is 2.09. The Kier molecular flexibility index (Phi) is 6.57. The highest BCUT2D eigenvalue weighted by Crippen LogP contribution is 2.19. The van der Waals surface area contributed by atoms with Crippen molar-refractivity contribution in [2.24, 2.45) is 0 Å². The minimum absolute atomic E-state index is 0.220. The molecule has 0 atom stereocenters. The number of anilines is 2. The average Bonchev–Trinajstić information content (AvgIpc) is 2.75. The van der Waals surface area contributed by atoms with E-state index in [1.54, 1.807) is 19.4 Å². The summed E-state index contributed by atoms with van der Waals surface area (Å²) in [5.74, 6) is 1.00. The Hall–Kier alpha value is -3.41. The largest absolute Gasteiger partial charge is 0.497 e. The molecule has 0 fully saturated rings. The van der Waals surface area contributed by atoms with Crippen molar-refractivity contribution in [3.63, 3.8) is 0 Å². The number of carbonyl (C=O) groups is 1. The predicted molar refractivity (Wildman–Crippen MR) is 110 cm³/mol. The molecule has 1 heterocycles. The van der Waals surface area contributed by atoms with E-state index >= 15 is 0 Å². The molecule has 6 heteroatoms. The summed E-state index contributed by atoms with van der Waals surface area (Å²) in [4.78, 5) is 21.0. The number of hydrogen-bond acceptors (Lipinski definition) is 5. The molecular formula is C22H24N4O2. The Morgan fingerprint density at radius 3 is 2.61 bits per heavy atom. The van der Waals surface area contributed by atoms with Crippen LogP contribution in [0.2, 0.25) is 0 Å². The molecule has 2 aromatic carbocycles. The summed E-state index contributed by atoms with van der Waals surface area (Å²) in [6.07, 6.45) is 3.22. The van der Waals surface area contributed by atoms with Crippen LogP contribution in [0.3, 0.4) is 0 Å². The number of carbonyl (C=O) groups excluding carboxylic acids is 1. The standard InChI is InChI=1S/C22H24N4O2/c1-3-17-6-4-5-7-19(17)25-22-24-15-13-20(26-22)21(27)23-14-12-16-8-10-18(28-2)11-9-16/h4-11,13,15H,3,12,14H2,1-2H3,(H,23,27)(H,24,25,26). The normalized spacial score (nSPS) is 10.4. The maximum atomic E-state index is 12.4. The number of ether oxygens (including phenoxy) is 1. The second-order valence-corrected chi connectivity index (χ2v) is 6.26. The van der Waals surface area contributed by atoms with Crippen molar-refractivity contribution in [3.05, 3.63) is 77.6 Å². The molecule has 0 unspecified atom stereocenters. The van der Waals surface area contributed by atoms with Gasteiger partial charge in [-0.15, -0.1) is 0 Å². The molecule has 1 amide bonds. The van der Waals surface area contributed by atoms with Gasteiger partial charge in [-0.1, -0.05) is 37.3 Å². The monoisotopic (exact) mass is 376 g/mol. The average molecular weight is 376 g/mol. The number of nitrogens with zero attached hydrogens (tertiary/aromatic N) is 2. The van der Waals surface area contributed by atoms with Crippen LogP contribution in [-0.4, -0.2) is 29.5 Å². The van der Waals surface area contributed by atoms with Crippen LogP contribution in [0.5, 0.6) is 5.75 Å². The molecule has 0 saturated heterocycles. The van der Waals surface area contributed by atoms with Crippen molar-refractivity contribution in [2.45, 2.75) is 19.8 Å². The summed E-state index contributed by atoms with van der Waals surface area (Å²) in [6.45, 7) is 2.62. The fourth-order valence-corrected chi connectivity index (χ4v) is 2.82. The lowest BCUT2D eigenvalue weighted by Gasteiger charge is -2.10. The SMILES string of the molecule is CCc1ccccc1Nc1nccc(C(=O)NCCc2ccc(OC)cc2)n1. The Morgan fingerprint density at radius 1 is 1.07 bits per heavy atom. The summed E-state index contributed by atoms with van der Waals surface area (Å²) in [6, 6.07) is 17.4. The van der Waals surface area contributed by atoms with E-state index in [9.17, 15) is 4.79 Å². The highest BCUT2D eigenvalue weighted by atomic mass is 16.5. The van der Waals surface area contributed by atoms with Gasteiger partial charge in [-0.3, -0.25) is 4.79 Å². The van der Waals surface area contributed by atoms with Crippen molar-refractivity contribution < 1.29 is 9.53 Å². The molecule has 28 heavy (non-hydrogen) atoms. The van der Waals surface area contributed by atoms with Crippen molar-refractivity contribution in [1.29, 1.82) is 0 Å². The van der Waals surface area contributed by atoms with Gasteiger partial charge in [-0.25, -0.2) is 9.97 Å². The maximum absolute atomic E-state index is 12.4. The number of hydrogen-bond donors (Lipinski definition) is 2. The molecule has 0 aliphatic carbocycles. The summed E-state index contributed by atoms with van der Waals surface area (Å²) < 4.78 is 5.15. The third-order valence-corrected chi connectivity index (χ3v) is 4.39. The molecule has 0 radical (unpaired) electrons. The van der Waals surface area contributed by atoms with E-state index in [1.807, 2.05) is 42.5 Å². The van der Waals surface area contributed by atoms with Crippen molar-refractivity contribution in [2.75, 3.05) is 19.0 Å². The van der Waals surface area contributed by atoms with Gasteiger partial charge in [0.05, 0.1) is 7.11 Å². The summed E-state index contributed by atoms with van der Waals surface area (Å²) in [7, 11) is 1.64. The topological polar surface area (TPSA) is 76.1 Å². The van der Waals surface area contributed by atoms with Gasteiger partial charge in [-0.05, 0) is 48.2 Å². The van der Waals surface area contributed by atoms with Crippen molar-refractivity contribution in [1.82, 2.24) is 15.3 Å². The van der Waals surface area contributed by atoms with E-state index in [2.05, 4.69) is 33.6 Å². The molecular weight excluding hydrogens is 352 g/mol. The van der Waals surface area contributed by atoms with Gasteiger partial charge in [0.2, 0.25) is 5.95 Å². The minimum Gasteiger partial charge on any atom is -0.497 e. The van der Waals surface area contributed by atoms with Crippen LogP contribution in [-0.2, 0) is 12.8 Å². The quantitative estimate of drug-likeness (QED) is 0.626. The molecule has 0 aliphatic rings. The van der Waals surface area contributed by atoms with Gasteiger partial charge in [0.1, 0.15) is 11.4 Å². The second kappa shape index (κ2) is 9.50. The predicted octanol–water partition coefficient (Wildman–Crippen LogP) is 3.76. The van der Waals surface area contributed by atoms with Gasteiger partial charge in [0, 0.05) is 18.4 Å². The molecule has 1 aromatic heterocycles. The van der Waals surface area contributed by atoms with E-state index in [0.717, 1.165) is 29.8 Å².